The zero-order chi connectivity index (χ0) is 24.1. The summed E-state index contributed by atoms with van der Waals surface area (Å²) in [6, 6.07) is 3.99. The summed E-state index contributed by atoms with van der Waals surface area (Å²) in [5, 5.41) is 10.8. The van der Waals surface area contributed by atoms with Crippen molar-refractivity contribution in [3.8, 4) is 17.5 Å². The Bertz CT molecular complexity index is 850. The van der Waals surface area contributed by atoms with Gasteiger partial charge in [0.05, 0.1) is 0 Å². The molecule has 0 aromatic carbocycles. The average Bonchev–Trinajstić information content (AvgIpc) is 2.78. The fourth-order valence-corrected chi connectivity index (χ4v) is 2.98. The number of nitrogens with zero attached hydrogens (tertiary/aromatic N) is 5. The number of likely N-dealkylation sites (N-methyl/N-ethyl adjacent to an activating group) is 1. The topological polar surface area (TPSA) is 122 Å². The molecule has 1 saturated heterocycles. The molecular weight excluding hydrogens is 428 g/mol. The van der Waals surface area contributed by atoms with Crippen LogP contribution in [0.15, 0.2) is 30.7 Å². The first-order valence-corrected chi connectivity index (χ1v) is 10.8. The molecule has 11 nitrogen and oxygen atoms in total. The van der Waals surface area contributed by atoms with Crippen LogP contribution < -0.4 is 24.4 Å². The molecule has 3 rings (SSSR count). The monoisotopic (exact) mass is 462 g/mol. The summed E-state index contributed by atoms with van der Waals surface area (Å²) in [4.78, 5) is 26.4. The molecule has 2 N–H and O–H groups in total. The van der Waals surface area contributed by atoms with E-state index in [4.69, 9.17) is 24.1 Å². The van der Waals surface area contributed by atoms with Crippen LogP contribution in [0, 0.1) is 0 Å². The highest BCUT2D eigenvalue weighted by Gasteiger charge is 2.23. The fourth-order valence-electron chi connectivity index (χ4n) is 2.98. The summed E-state index contributed by atoms with van der Waals surface area (Å²) < 4.78 is 17.4. The van der Waals surface area contributed by atoms with Crippen molar-refractivity contribution in [2.24, 2.45) is 0 Å². The minimum Gasteiger partial charge on any atom is -0.484 e. The number of hydrogen-bond donors (Lipinski definition) is 2. The van der Waals surface area contributed by atoms with E-state index < -0.39 is 5.97 Å². The molecule has 11 heteroatoms. The van der Waals surface area contributed by atoms with Gasteiger partial charge in [0, 0.05) is 57.7 Å². The summed E-state index contributed by atoms with van der Waals surface area (Å²) in [7, 11) is 4.00. The molecule has 1 fully saturated rings. The Morgan fingerprint density at radius 1 is 1.12 bits per heavy atom. The number of carboxylic acid groups (broad SMARTS) is 1. The molecule has 0 spiro atoms. The van der Waals surface area contributed by atoms with Gasteiger partial charge in [0.1, 0.15) is 19.8 Å². The van der Waals surface area contributed by atoms with E-state index in [0.717, 1.165) is 38.9 Å². The van der Waals surface area contributed by atoms with E-state index in [2.05, 4.69) is 37.0 Å². The summed E-state index contributed by atoms with van der Waals surface area (Å²) >= 11 is 0. The maximum atomic E-state index is 9.00. The Morgan fingerprint density at radius 3 is 2.52 bits per heavy atom. The maximum Gasteiger partial charge on any atom is 0.300 e. The van der Waals surface area contributed by atoms with Gasteiger partial charge in [-0.15, -0.1) is 0 Å². The number of ether oxygens (including phenoxy) is 3. The van der Waals surface area contributed by atoms with Crippen LogP contribution in [0.1, 0.15) is 13.8 Å². The third kappa shape index (κ3) is 9.46. The number of nitrogens with one attached hydrogen (secondary N) is 1. The predicted octanol–water partition coefficient (Wildman–Crippen LogP) is 1.16. The van der Waals surface area contributed by atoms with Gasteiger partial charge >= 0.3 is 0 Å². The standard InChI is InChI=1S/C20H30N6O3.C2H4O2/c1-16-15-21-9-10-26(16)18-20(24-8-7-22-18)29-14-13-27-17-5-4-6-23-19(17)28-12-11-25(2)3;1-2(3)4/h4-8,16,21H,9-15H2,1-3H3;1H3,(H,3,4)/t16-;/m1./s1. The molecule has 3 heterocycles. The largest absolute Gasteiger partial charge is 0.484 e. The quantitative estimate of drug-likeness (QED) is 0.495. The van der Waals surface area contributed by atoms with E-state index in [-0.39, 0.29) is 0 Å². The van der Waals surface area contributed by atoms with Gasteiger partial charge < -0.3 is 34.4 Å². The number of aliphatic carboxylic acids is 1. The zero-order valence-electron chi connectivity index (χ0n) is 19.7. The van der Waals surface area contributed by atoms with Gasteiger partial charge in [0.15, 0.2) is 11.6 Å². The van der Waals surface area contributed by atoms with Crippen LogP contribution in [0.2, 0.25) is 0 Å². The van der Waals surface area contributed by atoms with E-state index in [1.54, 1.807) is 18.6 Å². The van der Waals surface area contributed by atoms with Crippen molar-refractivity contribution in [2.45, 2.75) is 19.9 Å². The molecule has 1 atom stereocenters. The second-order valence-corrected chi connectivity index (χ2v) is 7.61. The van der Waals surface area contributed by atoms with Gasteiger partial charge in [-0.3, -0.25) is 4.79 Å². The van der Waals surface area contributed by atoms with Crippen molar-refractivity contribution in [3.05, 3.63) is 30.7 Å². The lowest BCUT2D eigenvalue weighted by atomic mass is 10.2. The van der Waals surface area contributed by atoms with E-state index in [9.17, 15) is 0 Å². The van der Waals surface area contributed by atoms with E-state index in [0.29, 0.717) is 43.4 Å². The van der Waals surface area contributed by atoms with Crippen molar-refractivity contribution in [1.82, 2.24) is 25.2 Å². The van der Waals surface area contributed by atoms with Crippen molar-refractivity contribution in [2.75, 3.05) is 65.0 Å². The molecule has 33 heavy (non-hydrogen) atoms. The molecule has 2 aromatic heterocycles. The van der Waals surface area contributed by atoms with E-state index in [1.807, 2.05) is 26.2 Å². The van der Waals surface area contributed by atoms with Gasteiger partial charge in [-0.05, 0) is 33.2 Å². The molecule has 0 aliphatic carbocycles. The smallest absolute Gasteiger partial charge is 0.300 e. The number of aromatic nitrogens is 3. The number of hydrogen-bond acceptors (Lipinski definition) is 10. The minimum atomic E-state index is -0.833. The van der Waals surface area contributed by atoms with Crippen LogP contribution in [0.4, 0.5) is 5.82 Å². The van der Waals surface area contributed by atoms with Gasteiger partial charge in [-0.25, -0.2) is 15.0 Å². The van der Waals surface area contributed by atoms with Crippen molar-refractivity contribution in [1.29, 1.82) is 0 Å². The number of piperazine rings is 1. The number of rotatable bonds is 10. The Balaban J connectivity index is 0.000000890. The lowest BCUT2D eigenvalue weighted by molar-refractivity contribution is -0.134. The van der Waals surface area contributed by atoms with Crippen LogP contribution >= 0.6 is 0 Å². The molecule has 0 amide bonds. The third-order valence-corrected chi connectivity index (χ3v) is 4.51. The molecular formula is C22H34N6O5. The second kappa shape index (κ2) is 14.1. The van der Waals surface area contributed by atoms with Crippen LogP contribution in [0.3, 0.4) is 0 Å². The van der Waals surface area contributed by atoms with Gasteiger partial charge in [0.25, 0.3) is 17.7 Å². The van der Waals surface area contributed by atoms with E-state index in [1.165, 1.54) is 0 Å². The van der Waals surface area contributed by atoms with Crippen LogP contribution in [-0.4, -0.2) is 97.1 Å². The second-order valence-electron chi connectivity index (χ2n) is 7.61. The zero-order valence-corrected chi connectivity index (χ0v) is 19.7. The summed E-state index contributed by atoms with van der Waals surface area (Å²) in [5.41, 5.74) is 0. The van der Waals surface area contributed by atoms with Crippen molar-refractivity contribution < 1.29 is 24.1 Å². The normalized spacial score (nSPS) is 15.4. The van der Waals surface area contributed by atoms with Gasteiger partial charge in [-0.1, -0.05) is 0 Å². The predicted molar refractivity (Wildman–Crippen MR) is 124 cm³/mol. The number of pyridine rings is 1. The summed E-state index contributed by atoms with van der Waals surface area (Å²) in [6.45, 7) is 7.99. The average molecular weight is 463 g/mol. The minimum absolute atomic E-state index is 0.330. The van der Waals surface area contributed by atoms with E-state index >= 15 is 0 Å². The number of carbonyl (C=O) groups is 1. The SMILES string of the molecule is CC(=O)O.C[C@@H]1CNCCN1c1nccnc1OCCOc1cccnc1OCCN(C)C. The molecule has 0 saturated carbocycles. The Labute approximate surface area is 194 Å². The first-order chi connectivity index (χ1) is 15.9. The molecule has 0 radical (unpaired) electrons. The Morgan fingerprint density at radius 2 is 1.79 bits per heavy atom. The molecule has 182 valence electrons. The highest BCUT2D eigenvalue weighted by atomic mass is 16.5. The van der Waals surface area contributed by atoms with Gasteiger partial charge in [-0.2, -0.15) is 0 Å². The molecule has 1 aliphatic heterocycles. The summed E-state index contributed by atoms with van der Waals surface area (Å²) in [6.07, 6.45) is 5.03. The van der Waals surface area contributed by atoms with Crippen LogP contribution in [0.5, 0.6) is 17.5 Å². The van der Waals surface area contributed by atoms with Crippen LogP contribution in [-0.2, 0) is 4.79 Å². The van der Waals surface area contributed by atoms with Crippen LogP contribution in [0.25, 0.3) is 0 Å². The van der Waals surface area contributed by atoms with Crippen molar-refractivity contribution >= 4 is 11.8 Å². The Hall–Kier alpha value is -3.18. The molecule has 0 unspecified atom stereocenters. The van der Waals surface area contributed by atoms with Crippen molar-refractivity contribution in [3.63, 3.8) is 0 Å². The maximum absolute atomic E-state index is 9.00. The fraction of sp³-hybridized carbons (Fsp3) is 0.545. The lowest BCUT2D eigenvalue weighted by Gasteiger charge is -2.35. The summed E-state index contributed by atoms with van der Waals surface area (Å²) in [5.74, 6) is 1.56. The number of carboxylic acids is 1. The number of anilines is 1. The third-order valence-electron chi connectivity index (χ3n) is 4.51. The Kier molecular flexibility index (Phi) is 11.1. The highest BCUT2D eigenvalue weighted by molar-refractivity contribution is 5.63. The van der Waals surface area contributed by atoms with Gasteiger partial charge in [0.2, 0.25) is 0 Å². The molecule has 1 aliphatic rings. The highest BCUT2D eigenvalue weighted by Crippen LogP contribution is 2.26. The molecule has 0 bridgehead atoms. The first-order valence-electron chi connectivity index (χ1n) is 10.8. The first kappa shape index (κ1) is 26.1. The lowest BCUT2D eigenvalue weighted by Crippen LogP contribution is -2.50. The molecule has 2 aromatic rings.